The summed E-state index contributed by atoms with van der Waals surface area (Å²) in [5, 5.41) is 8.95. The molecule has 18 heavy (non-hydrogen) atoms. The van der Waals surface area contributed by atoms with Gasteiger partial charge in [-0.05, 0) is 40.5 Å². The van der Waals surface area contributed by atoms with Crippen molar-refractivity contribution in [2.24, 2.45) is 0 Å². The molecule has 0 bridgehead atoms. The summed E-state index contributed by atoms with van der Waals surface area (Å²) in [5.74, 6) is 0.433. The van der Waals surface area contributed by atoms with Gasteiger partial charge >= 0.3 is 0 Å². The Balaban J connectivity index is 2.31. The van der Waals surface area contributed by atoms with Crippen molar-refractivity contribution < 1.29 is 14.2 Å². The molecule has 0 aliphatic carbocycles. The smallest absolute Gasteiger partial charge is 0.177 e. The molecule has 0 spiro atoms. The molecule has 4 nitrogen and oxygen atoms in total. The molecule has 0 aliphatic heterocycles. The lowest BCUT2D eigenvalue weighted by atomic mass is 10.2. The molecule has 0 aliphatic rings. The molecule has 0 atom stereocenters. The molecule has 6 heteroatoms. The number of ether oxygens (including phenoxy) is 1. The Morgan fingerprint density at radius 2 is 2.00 bits per heavy atom. The van der Waals surface area contributed by atoms with Crippen LogP contribution in [0.3, 0.4) is 0 Å². The van der Waals surface area contributed by atoms with E-state index < -0.39 is 5.82 Å². The zero-order chi connectivity index (χ0) is 13.1. The van der Waals surface area contributed by atoms with Gasteiger partial charge in [-0.2, -0.15) is 0 Å². The number of nitrogens with zero attached hydrogens (tertiary/aromatic N) is 2. The van der Waals surface area contributed by atoms with Gasteiger partial charge in [-0.25, -0.2) is 14.4 Å². The summed E-state index contributed by atoms with van der Waals surface area (Å²) in [7, 11) is 0. The molecular weight excluding hydrogens is 303 g/mol. The minimum absolute atomic E-state index is 0.0413. The molecule has 0 saturated heterocycles. The van der Waals surface area contributed by atoms with Gasteiger partial charge in [0.15, 0.2) is 17.3 Å². The molecule has 2 rings (SSSR count). The SMILES string of the molecule is Cc1ncc(Oc2c(F)cc(CO)cc2Br)cn1. The number of hydrogen-bond acceptors (Lipinski definition) is 4. The Bertz CT molecular complexity index is 537. The Morgan fingerprint density at radius 1 is 1.33 bits per heavy atom. The Hall–Kier alpha value is -1.53. The van der Waals surface area contributed by atoms with E-state index in [-0.39, 0.29) is 12.4 Å². The summed E-state index contributed by atoms with van der Waals surface area (Å²) in [5.41, 5.74) is 0.465. The van der Waals surface area contributed by atoms with Gasteiger partial charge in [-0.1, -0.05) is 0 Å². The topological polar surface area (TPSA) is 55.2 Å². The van der Waals surface area contributed by atoms with Crippen LogP contribution in [0.5, 0.6) is 11.5 Å². The monoisotopic (exact) mass is 312 g/mol. The van der Waals surface area contributed by atoms with Crippen molar-refractivity contribution in [3.05, 3.63) is 46.2 Å². The van der Waals surface area contributed by atoms with Crippen molar-refractivity contribution in [2.75, 3.05) is 0 Å². The third kappa shape index (κ3) is 2.83. The standard InChI is InChI=1S/C12H10BrFN2O2/c1-7-15-4-9(5-16-7)18-12-10(13)2-8(6-17)3-11(12)14/h2-5,17H,6H2,1H3. The first-order chi connectivity index (χ1) is 8.60. The zero-order valence-corrected chi connectivity index (χ0v) is 11.1. The van der Waals surface area contributed by atoms with Crippen LogP contribution < -0.4 is 4.74 Å². The van der Waals surface area contributed by atoms with Crippen molar-refractivity contribution in [2.45, 2.75) is 13.5 Å². The largest absolute Gasteiger partial charge is 0.450 e. The predicted octanol–water partition coefficient (Wildman–Crippen LogP) is 2.97. The lowest BCUT2D eigenvalue weighted by Gasteiger charge is -2.09. The number of benzene rings is 1. The average Bonchev–Trinajstić information content (AvgIpc) is 2.35. The van der Waals surface area contributed by atoms with E-state index in [1.165, 1.54) is 18.5 Å². The summed E-state index contributed by atoms with van der Waals surface area (Å²) < 4.78 is 19.5. The fraction of sp³-hybridized carbons (Fsp3) is 0.167. The maximum atomic E-state index is 13.8. The summed E-state index contributed by atoms with van der Waals surface area (Å²) in [6.45, 7) is 1.51. The number of hydrogen-bond donors (Lipinski definition) is 1. The van der Waals surface area contributed by atoms with Crippen LogP contribution >= 0.6 is 15.9 Å². The van der Waals surface area contributed by atoms with Gasteiger partial charge in [0.25, 0.3) is 0 Å². The highest BCUT2D eigenvalue weighted by Gasteiger charge is 2.12. The summed E-state index contributed by atoms with van der Waals surface area (Å²) >= 11 is 3.19. The van der Waals surface area contributed by atoms with E-state index in [4.69, 9.17) is 9.84 Å². The Kier molecular flexibility index (Phi) is 3.88. The summed E-state index contributed by atoms with van der Waals surface area (Å²) in [6.07, 6.45) is 2.93. The lowest BCUT2D eigenvalue weighted by Crippen LogP contribution is -1.95. The van der Waals surface area contributed by atoms with E-state index in [9.17, 15) is 4.39 Å². The van der Waals surface area contributed by atoms with Crippen LogP contribution in [0.15, 0.2) is 29.0 Å². The van der Waals surface area contributed by atoms with Gasteiger partial charge < -0.3 is 9.84 Å². The summed E-state index contributed by atoms with van der Waals surface area (Å²) in [4.78, 5) is 7.91. The number of aliphatic hydroxyl groups is 1. The predicted molar refractivity (Wildman–Crippen MR) is 66.9 cm³/mol. The zero-order valence-electron chi connectivity index (χ0n) is 9.52. The number of aliphatic hydroxyl groups excluding tert-OH is 1. The fourth-order valence-electron chi connectivity index (χ4n) is 1.35. The van der Waals surface area contributed by atoms with E-state index in [0.717, 1.165) is 0 Å². The van der Waals surface area contributed by atoms with Crippen LogP contribution in [-0.2, 0) is 6.61 Å². The number of aromatic nitrogens is 2. The maximum absolute atomic E-state index is 13.8. The molecule has 94 valence electrons. The molecule has 2 aromatic rings. The first-order valence-corrected chi connectivity index (χ1v) is 5.94. The third-order valence-corrected chi connectivity index (χ3v) is 2.81. The second kappa shape index (κ2) is 5.41. The van der Waals surface area contributed by atoms with Crippen LogP contribution in [-0.4, -0.2) is 15.1 Å². The van der Waals surface area contributed by atoms with Crippen LogP contribution in [0.4, 0.5) is 4.39 Å². The molecule has 0 fully saturated rings. The molecule has 0 radical (unpaired) electrons. The van der Waals surface area contributed by atoms with Gasteiger partial charge in [0.05, 0.1) is 23.5 Å². The quantitative estimate of drug-likeness (QED) is 0.946. The first kappa shape index (κ1) is 12.9. The first-order valence-electron chi connectivity index (χ1n) is 5.15. The molecule has 1 N–H and O–H groups in total. The molecule has 1 heterocycles. The van der Waals surface area contributed by atoms with E-state index in [2.05, 4.69) is 25.9 Å². The van der Waals surface area contributed by atoms with Crippen LogP contribution in [0.1, 0.15) is 11.4 Å². The molecule has 1 aromatic carbocycles. The van der Waals surface area contributed by atoms with Crippen LogP contribution in [0.25, 0.3) is 0 Å². The molecule has 0 unspecified atom stereocenters. The van der Waals surface area contributed by atoms with Crippen molar-refractivity contribution in [3.63, 3.8) is 0 Å². The van der Waals surface area contributed by atoms with Crippen LogP contribution in [0, 0.1) is 12.7 Å². The number of rotatable bonds is 3. The third-order valence-electron chi connectivity index (χ3n) is 2.22. The second-order valence-corrected chi connectivity index (χ2v) is 4.47. The van der Waals surface area contributed by atoms with Gasteiger partial charge in [0, 0.05) is 0 Å². The summed E-state index contributed by atoms with van der Waals surface area (Å²) in [6, 6.07) is 2.81. The normalized spacial score (nSPS) is 10.4. The highest BCUT2D eigenvalue weighted by Crippen LogP contribution is 2.33. The van der Waals surface area contributed by atoms with E-state index in [0.29, 0.717) is 21.6 Å². The van der Waals surface area contributed by atoms with Gasteiger partial charge in [0.2, 0.25) is 0 Å². The van der Waals surface area contributed by atoms with Gasteiger partial charge in [0.1, 0.15) is 5.82 Å². The maximum Gasteiger partial charge on any atom is 0.177 e. The molecule has 0 saturated carbocycles. The minimum atomic E-state index is -0.561. The van der Waals surface area contributed by atoms with E-state index in [1.807, 2.05) is 0 Å². The Labute approximate surface area is 112 Å². The molecule has 0 amide bonds. The van der Waals surface area contributed by atoms with E-state index in [1.54, 1.807) is 13.0 Å². The van der Waals surface area contributed by atoms with Crippen molar-refractivity contribution in [1.29, 1.82) is 0 Å². The lowest BCUT2D eigenvalue weighted by molar-refractivity contribution is 0.280. The number of halogens is 2. The van der Waals surface area contributed by atoms with Crippen molar-refractivity contribution >= 4 is 15.9 Å². The fourth-order valence-corrected chi connectivity index (χ4v) is 1.92. The van der Waals surface area contributed by atoms with Crippen molar-refractivity contribution in [3.8, 4) is 11.5 Å². The highest BCUT2D eigenvalue weighted by atomic mass is 79.9. The molecule has 1 aromatic heterocycles. The number of aryl methyl sites for hydroxylation is 1. The van der Waals surface area contributed by atoms with E-state index >= 15 is 0 Å². The van der Waals surface area contributed by atoms with Crippen LogP contribution in [0.2, 0.25) is 0 Å². The Morgan fingerprint density at radius 3 is 2.56 bits per heavy atom. The van der Waals surface area contributed by atoms with Gasteiger partial charge in [-0.15, -0.1) is 0 Å². The highest BCUT2D eigenvalue weighted by molar-refractivity contribution is 9.10. The average molecular weight is 313 g/mol. The van der Waals surface area contributed by atoms with Gasteiger partial charge in [-0.3, -0.25) is 0 Å². The molecular formula is C12H10BrFN2O2. The second-order valence-electron chi connectivity index (χ2n) is 3.61. The van der Waals surface area contributed by atoms with Crippen molar-refractivity contribution in [1.82, 2.24) is 9.97 Å². The minimum Gasteiger partial charge on any atom is -0.450 e.